The van der Waals surface area contributed by atoms with Gasteiger partial charge in [-0.15, -0.1) is 0 Å². The number of amides is 2. The summed E-state index contributed by atoms with van der Waals surface area (Å²) in [6.45, 7) is 7.96. The molecule has 0 saturated carbocycles. The smallest absolute Gasteiger partial charge is 0.407 e. The normalized spacial score (nSPS) is 16.9. The van der Waals surface area contributed by atoms with E-state index in [9.17, 15) is 19.7 Å². The molecule has 2 rings (SSSR count). The van der Waals surface area contributed by atoms with E-state index in [2.05, 4.69) is 5.32 Å². The van der Waals surface area contributed by atoms with Gasteiger partial charge >= 0.3 is 6.09 Å². The maximum absolute atomic E-state index is 13.0. The van der Waals surface area contributed by atoms with Crippen molar-refractivity contribution in [2.45, 2.75) is 58.6 Å². The third-order valence-electron chi connectivity index (χ3n) is 4.63. The lowest BCUT2D eigenvalue weighted by Crippen LogP contribution is -2.50. The number of nitrogens with one attached hydrogen (secondary N) is 1. The molecule has 160 valence electrons. The van der Waals surface area contributed by atoms with Crippen molar-refractivity contribution >= 4 is 17.7 Å². The Hall–Kier alpha value is -2.84. The van der Waals surface area contributed by atoms with Crippen LogP contribution in [0.4, 0.5) is 10.5 Å². The van der Waals surface area contributed by atoms with Crippen LogP contribution in [0.3, 0.4) is 0 Å². The molecule has 1 atom stereocenters. The van der Waals surface area contributed by atoms with E-state index >= 15 is 0 Å². The summed E-state index contributed by atoms with van der Waals surface area (Å²) in [5.41, 5.74) is -0.0819. The van der Waals surface area contributed by atoms with Gasteiger partial charge in [-0.1, -0.05) is 6.92 Å². The average molecular weight is 407 g/mol. The molecule has 9 nitrogen and oxygen atoms in total. The van der Waals surface area contributed by atoms with Crippen molar-refractivity contribution in [1.82, 2.24) is 10.2 Å². The zero-order valence-corrected chi connectivity index (χ0v) is 17.6. The summed E-state index contributed by atoms with van der Waals surface area (Å²) in [5.74, 6) is -0.00442. The van der Waals surface area contributed by atoms with E-state index < -0.39 is 16.6 Å². The molecule has 0 unspecified atom stereocenters. The molecule has 29 heavy (non-hydrogen) atoms. The van der Waals surface area contributed by atoms with Crippen LogP contribution in [0.5, 0.6) is 5.75 Å². The Morgan fingerprint density at radius 3 is 2.59 bits per heavy atom. The average Bonchev–Trinajstić information content (AvgIpc) is 2.64. The first-order chi connectivity index (χ1) is 13.6. The number of ether oxygens (including phenoxy) is 2. The standard InChI is InChI=1S/C20H29N3O6/c1-6-15-16(23(26)27)10-13(11-17(15)28-5)18(24)22-9-7-8-14(12-22)21-19(25)29-20(2,3)4/h10-11,14H,6-9,12H2,1-5H3,(H,21,25)/t14-/m1/s1. The number of nitrogens with zero attached hydrogens (tertiary/aromatic N) is 2. The number of rotatable bonds is 5. The number of nitro benzene ring substituents is 1. The summed E-state index contributed by atoms with van der Waals surface area (Å²) < 4.78 is 10.6. The van der Waals surface area contributed by atoms with Gasteiger partial charge in [-0.2, -0.15) is 0 Å². The summed E-state index contributed by atoms with van der Waals surface area (Å²) in [4.78, 5) is 37.6. The van der Waals surface area contributed by atoms with Gasteiger partial charge in [-0.25, -0.2) is 4.79 Å². The van der Waals surface area contributed by atoms with E-state index in [-0.39, 0.29) is 23.2 Å². The van der Waals surface area contributed by atoms with Crippen molar-refractivity contribution in [3.05, 3.63) is 33.4 Å². The number of hydrogen-bond acceptors (Lipinski definition) is 6. The summed E-state index contributed by atoms with van der Waals surface area (Å²) in [5, 5.41) is 14.2. The van der Waals surface area contributed by atoms with Crippen molar-refractivity contribution in [3.8, 4) is 5.75 Å². The lowest BCUT2D eigenvalue weighted by molar-refractivity contribution is -0.385. The van der Waals surface area contributed by atoms with Gasteiger partial charge in [0.1, 0.15) is 11.4 Å². The molecule has 1 aliphatic rings. The highest BCUT2D eigenvalue weighted by molar-refractivity contribution is 5.95. The quantitative estimate of drug-likeness (QED) is 0.592. The molecule has 1 saturated heterocycles. The lowest BCUT2D eigenvalue weighted by atomic mass is 10.0. The van der Waals surface area contributed by atoms with Gasteiger partial charge in [-0.05, 0) is 46.1 Å². The molecule has 1 aromatic carbocycles. The fourth-order valence-electron chi connectivity index (χ4n) is 3.39. The second kappa shape index (κ2) is 9.11. The number of hydrogen-bond donors (Lipinski definition) is 1. The second-order valence-corrected chi connectivity index (χ2v) is 8.02. The van der Waals surface area contributed by atoms with E-state index in [1.807, 2.05) is 0 Å². The fourth-order valence-corrected chi connectivity index (χ4v) is 3.39. The van der Waals surface area contributed by atoms with Gasteiger partial charge in [0.2, 0.25) is 0 Å². The highest BCUT2D eigenvalue weighted by Gasteiger charge is 2.29. The highest BCUT2D eigenvalue weighted by atomic mass is 16.6. The monoisotopic (exact) mass is 407 g/mol. The Kier molecular flexibility index (Phi) is 7.05. The molecule has 1 fully saturated rings. The molecule has 0 aliphatic carbocycles. The number of carbonyl (C=O) groups is 2. The predicted octanol–water partition coefficient (Wildman–Crippen LogP) is 3.30. The molecule has 0 radical (unpaired) electrons. The van der Waals surface area contributed by atoms with Crippen molar-refractivity contribution < 1.29 is 24.0 Å². The van der Waals surface area contributed by atoms with E-state index in [1.165, 1.54) is 13.2 Å². The van der Waals surface area contributed by atoms with Crippen LogP contribution >= 0.6 is 0 Å². The predicted molar refractivity (Wildman–Crippen MR) is 107 cm³/mol. The van der Waals surface area contributed by atoms with Crippen LogP contribution in [0, 0.1) is 10.1 Å². The fraction of sp³-hybridized carbons (Fsp3) is 0.600. The number of carbonyl (C=O) groups excluding carboxylic acids is 2. The van der Waals surface area contributed by atoms with Crippen molar-refractivity contribution in [2.24, 2.45) is 0 Å². The van der Waals surface area contributed by atoms with Gasteiger partial charge in [0, 0.05) is 25.2 Å². The van der Waals surface area contributed by atoms with Gasteiger partial charge in [0.15, 0.2) is 0 Å². The number of likely N-dealkylation sites (tertiary alicyclic amines) is 1. The highest BCUT2D eigenvalue weighted by Crippen LogP contribution is 2.31. The number of piperidine rings is 1. The third-order valence-corrected chi connectivity index (χ3v) is 4.63. The number of alkyl carbamates (subject to hydrolysis) is 1. The van der Waals surface area contributed by atoms with E-state index in [4.69, 9.17) is 9.47 Å². The number of nitro groups is 1. The molecule has 0 aromatic heterocycles. The zero-order valence-electron chi connectivity index (χ0n) is 17.6. The molecule has 2 amide bonds. The zero-order chi connectivity index (χ0) is 21.8. The van der Waals surface area contributed by atoms with Crippen LogP contribution in [0.25, 0.3) is 0 Å². The Labute approximate surface area is 170 Å². The molecule has 1 N–H and O–H groups in total. The van der Waals surface area contributed by atoms with Crippen LogP contribution in [0.1, 0.15) is 56.5 Å². The Balaban J connectivity index is 2.18. The molecule has 9 heteroatoms. The van der Waals surface area contributed by atoms with Gasteiger partial charge in [0.25, 0.3) is 11.6 Å². The SMILES string of the molecule is CCc1c(OC)cc(C(=O)N2CCC[C@@H](NC(=O)OC(C)(C)C)C2)cc1[N+](=O)[O-]. The molecular weight excluding hydrogens is 378 g/mol. The number of benzene rings is 1. The van der Waals surface area contributed by atoms with Crippen LogP contribution in [0.15, 0.2) is 12.1 Å². The lowest BCUT2D eigenvalue weighted by Gasteiger charge is -2.33. The van der Waals surface area contributed by atoms with Gasteiger partial charge in [-0.3, -0.25) is 14.9 Å². The summed E-state index contributed by atoms with van der Waals surface area (Å²) >= 11 is 0. The first kappa shape index (κ1) is 22.4. The largest absolute Gasteiger partial charge is 0.496 e. The Bertz CT molecular complexity index is 787. The maximum atomic E-state index is 13.0. The molecule has 1 aromatic rings. The topological polar surface area (TPSA) is 111 Å². The van der Waals surface area contributed by atoms with Crippen LogP contribution < -0.4 is 10.1 Å². The summed E-state index contributed by atoms with van der Waals surface area (Å²) in [7, 11) is 1.42. The second-order valence-electron chi connectivity index (χ2n) is 8.02. The van der Waals surface area contributed by atoms with Gasteiger partial charge < -0.3 is 19.7 Å². The van der Waals surface area contributed by atoms with Crippen molar-refractivity contribution in [1.29, 1.82) is 0 Å². The molecular formula is C20H29N3O6. The van der Waals surface area contributed by atoms with E-state index in [0.29, 0.717) is 37.2 Å². The Morgan fingerprint density at radius 1 is 1.34 bits per heavy atom. The van der Waals surface area contributed by atoms with Crippen LogP contribution in [0.2, 0.25) is 0 Å². The minimum absolute atomic E-state index is 0.129. The van der Waals surface area contributed by atoms with Gasteiger partial charge in [0.05, 0.1) is 23.2 Å². The number of methoxy groups -OCH3 is 1. The van der Waals surface area contributed by atoms with Crippen LogP contribution in [-0.2, 0) is 11.2 Å². The summed E-state index contributed by atoms with van der Waals surface area (Å²) in [6, 6.07) is 2.60. The summed E-state index contributed by atoms with van der Waals surface area (Å²) in [6.07, 6.45) is 1.32. The Morgan fingerprint density at radius 2 is 2.03 bits per heavy atom. The molecule has 1 aliphatic heterocycles. The van der Waals surface area contributed by atoms with Crippen molar-refractivity contribution in [3.63, 3.8) is 0 Å². The van der Waals surface area contributed by atoms with E-state index in [1.54, 1.807) is 38.7 Å². The van der Waals surface area contributed by atoms with E-state index in [0.717, 1.165) is 6.42 Å². The minimum atomic E-state index is -0.606. The first-order valence-corrected chi connectivity index (χ1v) is 9.69. The van der Waals surface area contributed by atoms with Crippen molar-refractivity contribution in [2.75, 3.05) is 20.2 Å². The third kappa shape index (κ3) is 5.82. The minimum Gasteiger partial charge on any atom is -0.496 e. The van der Waals surface area contributed by atoms with Crippen LogP contribution in [-0.4, -0.2) is 53.7 Å². The molecule has 0 bridgehead atoms. The molecule has 0 spiro atoms. The first-order valence-electron chi connectivity index (χ1n) is 9.69. The maximum Gasteiger partial charge on any atom is 0.407 e. The molecule has 1 heterocycles.